The number of nitrogens with one attached hydrogen (secondary N) is 2. The third kappa shape index (κ3) is 10.9. The Balaban J connectivity index is 2.26. The number of rotatable bonds is 13. The number of unbranched alkanes of at least 4 members (excludes halogenated alkanes) is 1. The molecule has 0 aliphatic rings. The molecule has 0 aliphatic carbocycles. The number of methoxy groups -OCH3 is 1. The highest BCUT2D eigenvalue weighted by Crippen LogP contribution is 2.13. The van der Waals surface area contributed by atoms with E-state index in [-0.39, 0.29) is 11.9 Å². The van der Waals surface area contributed by atoms with Crippen LogP contribution in [0, 0.1) is 5.82 Å². The molecule has 26 heavy (non-hydrogen) atoms. The highest BCUT2D eigenvalue weighted by atomic mass is 19.1. The van der Waals surface area contributed by atoms with Gasteiger partial charge in [-0.3, -0.25) is 0 Å². The molecule has 0 radical (unpaired) electrons. The van der Waals surface area contributed by atoms with Crippen molar-refractivity contribution in [3.8, 4) is 5.75 Å². The Kier molecular flexibility index (Phi) is 12.2. The molecule has 0 amide bonds. The maximum absolute atomic E-state index is 13.2. The van der Waals surface area contributed by atoms with Crippen molar-refractivity contribution in [1.29, 1.82) is 0 Å². The zero-order valence-electron chi connectivity index (χ0n) is 16.1. The van der Waals surface area contributed by atoms with E-state index in [4.69, 9.17) is 14.2 Å². The van der Waals surface area contributed by atoms with Gasteiger partial charge in [0.05, 0.1) is 19.8 Å². The van der Waals surface area contributed by atoms with Gasteiger partial charge in [0.1, 0.15) is 17.7 Å². The summed E-state index contributed by atoms with van der Waals surface area (Å²) in [6.07, 6.45) is 1.82. The lowest BCUT2D eigenvalue weighted by molar-refractivity contribution is 0.0689. The predicted octanol–water partition coefficient (Wildman–Crippen LogP) is 2.59. The van der Waals surface area contributed by atoms with Crippen molar-refractivity contribution in [2.45, 2.75) is 32.8 Å². The molecule has 0 heterocycles. The Labute approximate surface area is 156 Å². The van der Waals surface area contributed by atoms with Gasteiger partial charge in [-0.05, 0) is 38.8 Å². The molecule has 0 bridgehead atoms. The normalized spacial score (nSPS) is 12.7. The lowest BCUT2D eigenvalue weighted by Crippen LogP contribution is -2.38. The summed E-state index contributed by atoms with van der Waals surface area (Å²) in [4.78, 5) is 4.52. The van der Waals surface area contributed by atoms with Crippen molar-refractivity contribution >= 4 is 5.96 Å². The van der Waals surface area contributed by atoms with Crippen molar-refractivity contribution in [3.63, 3.8) is 0 Å². The largest absolute Gasteiger partial charge is 0.489 e. The number of benzene rings is 1. The van der Waals surface area contributed by atoms with Crippen LogP contribution in [-0.4, -0.2) is 58.6 Å². The summed E-state index contributed by atoms with van der Waals surface area (Å²) in [5.41, 5.74) is 0. The van der Waals surface area contributed by atoms with Crippen LogP contribution in [0.1, 0.15) is 26.7 Å². The minimum Gasteiger partial charge on any atom is -0.489 e. The second-order valence-corrected chi connectivity index (χ2v) is 5.84. The van der Waals surface area contributed by atoms with Gasteiger partial charge >= 0.3 is 0 Å². The van der Waals surface area contributed by atoms with E-state index in [1.165, 1.54) is 12.1 Å². The van der Waals surface area contributed by atoms with Gasteiger partial charge in [-0.15, -0.1) is 0 Å². The molecule has 0 aromatic heterocycles. The fourth-order valence-corrected chi connectivity index (χ4v) is 2.15. The zero-order chi connectivity index (χ0) is 19.0. The molecular formula is C19H32FN3O3. The Morgan fingerprint density at radius 1 is 1.19 bits per heavy atom. The highest BCUT2D eigenvalue weighted by molar-refractivity contribution is 5.79. The maximum atomic E-state index is 13.2. The van der Waals surface area contributed by atoms with E-state index in [1.807, 2.05) is 13.8 Å². The second kappa shape index (κ2) is 14.3. The van der Waals surface area contributed by atoms with Gasteiger partial charge in [-0.1, -0.05) is 6.07 Å². The van der Waals surface area contributed by atoms with E-state index in [0.717, 1.165) is 38.5 Å². The molecule has 0 saturated carbocycles. The monoisotopic (exact) mass is 369 g/mol. The molecule has 148 valence electrons. The van der Waals surface area contributed by atoms with E-state index < -0.39 is 0 Å². The van der Waals surface area contributed by atoms with Crippen molar-refractivity contribution < 1.29 is 18.6 Å². The van der Waals surface area contributed by atoms with Crippen LogP contribution in [0.15, 0.2) is 29.3 Å². The summed E-state index contributed by atoms with van der Waals surface area (Å²) in [6, 6.07) is 6.14. The number of guanidine groups is 1. The number of hydrogen-bond donors (Lipinski definition) is 2. The first kappa shape index (κ1) is 22.2. The fourth-order valence-electron chi connectivity index (χ4n) is 2.15. The SMILES string of the molecule is CCNC(=NCC(C)Oc1cccc(F)c1)NCCCCOCCOC. The number of nitrogens with zero attached hydrogens (tertiary/aromatic N) is 1. The Bertz CT molecular complexity index is 515. The molecule has 1 atom stereocenters. The van der Waals surface area contributed by atoms with Gasteiger partial charge in [-0.2, -0.15) is 0 Å². The smallest absolute Gasteiger partial charge is 0.191 e. The third-order valence-corrected chi connectivity index (χ3v) is 3.42. The van der Waals surface area contributed by atoms with E-state index in [9.17, 15) is 4.39 Å². The van der Waals surface area contributed by atoms with Gasteiger partial charge in [0, 0.05) is 32.9 Å². The molecule has 1 unspecified atom stereocenters. The molecule has 2 N–H and O–H groups in total. The Morgan fingerprint density at radius 3 is 2.77 bits per heavy atom. The summed E-state index contributed by atoms with van der Waals surface area (Å²) in [6.45, 7) is 8.01. The molecular weight excluding hydrogens is 337 g/mol. The lowest BCUT2D eigenvalue weighted by Gasteiger charge is -2.15. The fraction of sp³-hybridized carbons (Fsp3) is 0.632. The van der Waals surface area contributed by atoms with Crippen LogP contribution in [0.25, 0.3) is 0 Å². The lowest BCUT2D eigenvalue weighted by atomic mass is 10.3. The standard InChI is InChI=1S/C19H32FN3O3/c1-4-21-19(22-10-5-6-11-25-13-12-24-3)23-15-16(2)26-18-9-7-8-17(20)14-18/h7-9,14,16H,4-6,10-13,15H2,1-3H3,(H2,21,22,23). The molecule has 1 aromatic carbocycles. The maximum Gasteiger partial charge on any atom is 0.191 e. The van der Waals surface area contributed by atoms with Crippen LogP contribution in [-0.2, 0) is 9.47 Å². The molecule has 6 nitrogen and oxygen atoms in total. The van der Waals surface area contributed by atoms with Crippen LogP contribution in [0.3, 0.4) is 0 Å². The molecule has 0 fully saturated rings. The summed E-state index contributed by atoms with van der Waals surface area (Å²) in [5.74, 6) is 0.959. The number of hydrogen-bond acceptors (Lipinski definition) is 4. The minimum atomic E-state index is -0.306. The quantitative estimate of drug-likeness (QED) is 0.318. The first-order valence-corrected chi connectivity index (χ1v) is 9.16. The van der Waals surface area contributed by atoms with Gasteiger partial charge in [0.2, 0.25) is 0 Å². The van der Waals surface area contributed by atoms with Gasteiger partial charge in [0.15, 0.2) is 5.96 Å². The first-order chi connectivity index (χ1) is 12.7. The summed E-state index contributed by atoms with van der Waals surface area (Å²) in [5, 5.41) is 6.50. The summed E-state index contributed by atoms with van der Waals surface area (Å²) >= 11 is 0. The van der Waals surface area contributed by atoms with Crippen LogP contribution >= 0.6 is 0 Å². The highest BCUT2D eigenvalue weighted by Gasteiger charge is 2.05. The van der Waals surface area contributed by atoms with Crippen molar-refractivity contribution in [3.05, 3.63) is 30.1 Å². The molecule has 1 aromatic rings. The first-order valence-electron chi connectivity index (χ1n) is 9.16. The molecule has 1 rings (SSSR count). The van der Waals surface area contributed by atoms with E-state index >= 15 is 0 Å². The van der Waals surface area contributed by atoms with Crippen LogP contribution in [0.2, 0.25) is 0 Å². The average molecular weight is 369 g/mol. The zero-order valence-corrected chi connectivity index (χ0v) is 16.1. The van der Waals surface area contributed by atoms with Gasteiger partial charge < -0.3 is 24.8 Å². The van der Waals surface area contributed by atoms with Crippen LogP contribution in [0.4, 0.5) is 4.39 Å². The van der Waals surface area contributed by atoms with E-state index in [0.29, 0.717) is 25.5 Å². The molecule has 7 heteroatoms. The Hall–Kier alpha value is -1.86. The summed E-state index contributed by atoms with van der Waals surface area (Å²) in [7, 11) is 1.67. The van der Waals surface area contributed by atoms with Crippen molar-refractivity contribution in [2.24, 2.45) is 4.99 Å². The van der Waals surface area contributed by atoms with E-state index in [1.54, 1.807) is 19.2 Å². The molecule has 0 aliphatic heterocycles. The van der Waals surface area contributed by atoms with E-state index in [2.05, 4.69) is 15.6 Å². The van der Waals surface area contributed by atoms with Gasteiger partial charge in [-0.25, -0.2) is 9.38 Å². The number of ether oxygens (including phenoxy) is 3. The average Bonchev–Trinajstić information content (AvgIpc) is 2.62. The van der Waals surface area contributed by atoms with Crippen LogP contribution in [0.5, 0.6) is 5.75 Å². The summed E-state index contributed by atoms with van der Waals surface area (Å²) < 4.78 is 29.2. The number of aliphatic imine (C=N–C) groups is 1. The number of halogens is 1. The minimum absolute atomic E-state index is 0.151. The third-order valence-electron chi connectivity index (χ3n) is 3.42. The molecule has 0 spiro atoms. The Morgan fingerprint density at radius 2 is 2.04 bits per heavy atom. The topological polar surface area (TPSA) is 64.1 Å². The van der Waals surface area contributed by atoms with Crippen molar-refractivity contribution in [2.75, 3.05) is 46.6 Å². The van der Waals surface area contributed by atoms with Crippen molar-refractivity contribution in [1.82, 2.24) is 10.6 Å². The second-order valence-electron chi connectivity index (χ2n) is 5.84. The van der Waals surface area contributed by atoms with Gasteiger partial charge in [0.25, 0.3) is 0 Å². The predicted molar refractivity (Wildman–Crippen MR) is 102 cm³/mol. The van der Waals surface area contributed by atoms with Crippen LogP contribution < -0.4 is 15.4 Å². The molecule has 0 saturated heterocycles.